The summed E-state index contributed by atoms with van der Waals surface area (Å²) in [5.41, 5.74) is 2.19. The number of rotatable bonds is 5. The molecule has 0 bridgehead atoms. The van der Waals surface area contributed by atoms with Crippen molar-refractivity contribution in [3.63, 3.8) is 0 Å². The van der Waals surface area contributed by atoms with Crippen molar-refractivity contribution >= 4 is 0 Å². The molecular weight excluding hydrogens is 324 g/mol. The summed E-state index contributed by atoms with van der Waals surface area (Å²) < 4.78 is 5.90. The first-order chi connectivity index (χ1) is 12.7. The molecule has 0 N–H and O–H groups in total. The Hall–Kier alpha value is -1.82. The van der Waals surface area contributed by atoms with Crippen LogP contribution in [0.3, 0.4) is 0 Å². The Kier molecular flexibility index (Phi) is 5.29. The lowest BCUT2D eigenvalue weighted by molar-refractivity contribution is 0.00895. The largest absolute Gasteiger partial charge is 0.367 e. The van der Waals surface area contributed by atoms with Crippen LogP contribution in [0.25, 0.3) is 0 Å². The molecule has 2 fully saturated rings. The Morgan fingerprint density at radius 2 is 1.73 bits per heavy atom. The third kappa shape index (κ3) is 4.11. The summed E-state index contributed by atoms with van der Waals surface area (Å²) in [4.78, 5) is 14.3. The first-order valence-corrected chi connectivity index (χ1v) is 9.66. The second kappa shape index (κ2) is 7.82. The van der Waals surface area contributed by atoms with E-state index in [9.17, 15) is 0 Å². The van der Waals surface area contributed by atoms with Gasteiger partial charge in [-0.2, -0.15) is 0 Å². The van der Waals surface area contributed by atoms with Crippen molar-refractivity contribution in [2.24, 2.45) is 0 Å². The van der Waals surface area contributed by atoms with Crippen LogP contribution in [0.2, 0.25) is 0 Å². The van der Waals surface area contributed by atoms with Crippen LogP contribution in [-0.4, -0.2) is 52.6 Å². The van der Waals surface area contributed by atoms with E-state index >= 15 is 0 Å². The standard InChI is InChI=1S/C21H28N4O/c1-21(9-5-15-26-21)20-22-10-8-19(23-20)17-25-13-11-24(12-14-25)16-18-6-3-2-4-7-18/h2-4,6-8,10H,5,9,11-17H2,1H3/t21-/m1/s1. The Bertz CT molecular complexity index is 707. The van der Waals surface area contributed by atoms with E-state index in [2.05, 4.69) is 52.0 Å². The SMILES string of the molecule is C[C@]1(c2nccc(CN3CCN(Cc4ccccc4)CC3)n2)CCCO1. The second-order valence-corrected chi connectivity index (χ2v) is 7.59. The maximum atomic E-state index is 5.90. The van der Waals surface area contributed by atoms with Crippen LogP contribution in [0.4, 0.5) is 0 Å². The van der Waals surface area contributed by atoms with Gasteiger partial charge in [0.1, 0.15) is 5.60 Å². The normalized spacial score (nSPS) is 24.8. The summed E-state index contributed by atoms with van der Waals surface area (Å²) >= 11 is 0. The molecule has 0 radical (unpaired) electrons. The molecule has 2 aliphatic rings. The van der Waals surface area contributed by atoms with Crippen molar-refractivity contribution < 1.29 is 4.74 Å². The zero-order valence-corrected chi connectivity index (χ0v) is 15.6. The fourth-order valence-electron chi connectivity index (χ4n) is 3.87. The van der Waals surface area contributed by atoms with Crippen LogP contribution in [0.15, 0.2) is 42.6 Å². The Morgan fingerprint density at radius 3 is 2.42 bits per heavy atom. The van der Waals surface area contributed by atoms with Gasteiger partial charge in [-0.25, -0.2) is 9.97 Å². The molecule has 0 spiro atoms. The highest BCUT2D eigenvalue weighted by Gasteiger charge is 2.34. The van der Waals surface area contributed by atoms with Crippen molar-refractivity contribution in [2.45, 2.75) is 38.5 Å². The van der Waals surface area contributed by atoms with Crippen LogP contribution >= 0.6 is 0 Å². The van der Waals surface area contributed by atoms with Gasteiger partial charge in [0.25, 0.3) is 0 Å². The number of hydrogen-bond donors (Lipinski definition) is 0. The van der Waals surface area contributed by atoms with E-state index in [0.29, 0.717) is 0 Å². The monoisotopic (exact) mass is 352 g/mol. The van der Waals surface area contributed by atoms with E-state index in [1.807, 2.05) is 12.3 Å². The number of nitrogens with zero attached hydrogens (tertiary/aromatic N) is 4. The highest BCUT2D eigenvalue weighted by Crippen LogP contribution is 2.33. The van der Waals surface area contributed by atoms with E-state index in [4.69, 9.17) is 9.72 Å². The van der Waals surface area contributed by atoms with E-state index in [1.165, 1.54) is 5.56 Å². The molecule has 1 aromatic carbocycles. The van der Waals surface area contributed by atoms with Crippen molar-refractivity contribution in [3.05, 3.63) is 59.7 Å². The average Bonchev–Trinajstić information content (AvgIpc) is 3.13. The fraction of sp³-hybridized carbons (Fsp3) is 0.524. The molecule has 26 heavy (non-hydrogen) atoms. The zero-order valence-electron chi connectivity index (χ0n) is 15.6. The van der Waals surface area contributed by atoms with Crippen LogP contribution in [0.1, 0.15) is 36.8 Å². The predicted molar refractivity (Wildman–Crippen MR) is 102 cm³/mol. The van der Waals surface area contributed by atoms with Crippen LogP contribution < -0.4 is 0 Å². The lowest BCUT2D eigenvalue weighted by Gasteiger charge is -2.34. The maximum absolute atomic E-state index is 5.90. The van der Waals surface area contributed by atoms with Gasteiger partial charge in [0.2, 0.25) is 0 Å². The molecule has 138 valence electrons. The van der Waals surface area contributed by atoms with E-state index < -0.39 is 0 Å². The van der Waals surface area contributed by atoms with Crippen LogP contribution in [0.5, 0.6) is 0 Å². The third-order valence-electron chi connectivity index (χ3n) is 5.50. The van der Waals surface area contributed by atoms with E-state index in [1.54, 1.807) is 0 Å². The topological polar surface area (TPSA) is 41.5 Å². The van der Waals surface area contributed by atoms with Gasteiger partial charge in [0.05, 0.1) is 5.69 Å². The fourth-order valence-corrected chi connectivity index (χ4v) is 3.87. The Labute approximate surface area is 156 Å². The first kappa shape index (κ1) is 17.6. The molecule has 5 nitrogen and oxygen atoms in total. The minimum Gasteiger partial charge on any atom is -0.367 e. The number of benzene rings is 1. The van der Waals surface area contributed by atoms with Gasteiger partial charge in [-0.05, 0) is 31.4 Å². The van der Waals surface area contributed by atoms with Gasteiger partial charge in [-0.1, -0.05) is 30.3 Å². The minimum atomic E-state index is -0.301. The minimum absolute atomic E-state index is 0.301. The lowest BCUT2D eigenvalue weighted by atomic mass is 10.0. The van der Waals surface area contributed by atoms with Gasteiger partial charge < -0.3 is 4.74 Å². The number of aromatic nitrogens is 2. The summed E-state index contributed by atoms with van der Waals surface area (Å²) in [5.74, 6) is 0.843. The number of ether oxygens (including phenoxy) is 1. The van der Waals surface area contributed by atoms with Crippen molar-refractivity contribution in [1.82, 2.24) is 19.8 Å². The van der Waals surface area contributed by atoms with Crippen molar-refractivity contribution in [3.8, 4) is 0 Å². The van der Waals surface area contributed by atoms with Gasteiger partial charge in [0, 0.05) is 52.1 Å². The van der Waals surface area contributed by atoms with E-state index in [-0.39, 0.29) is 5.60 Å². The molecule has 2 aromatic rings. The second-order valence-electron chi connectivity index (χ2n) is 7.59. The molecule has 0 saturated carbocycles. The van der Waals surface area contributed by atoms with Gasteiger partial charge >= 0.3 is 0 Å². The lowest BCUT2D eigenvalue weighted by Crippen LogP contribution is -2.45. The molecule has 3 heterocycles. The van der Waals surface area contributed by atoms with Crippen molar-refractivity contribution in [2.75, 3.05) is 32.8 Å². The smallest absolute Gasteiger partial charge is 0.160 e. The predicted octanol–water partition coefficient (Wildman–Crippen LogP) is 2.82. The van der Waals surface area contributed by atoms with Gasteiger partial charge in [-0.3, -0.25) is 9.80 Å². The highest BCUT2D eigenvalue weighted by atomic mass is 16.5. The van der Waals surface area contributed by atoms with Crippen LogP contribution in [0, 0.1) is 0 Å². The molecule has 1 atom stereocenters. The molecule has 0 aliphatic carbocycles. The van der Waals surface area contributed by atoms with Gasteiger partial charge in [0.15, 0.2) is 5.82 Å². The molecule has 4 rings (SSSR count). The maximum Gasteiger partial charge on any atom is 0.160 e. The Balaban J connectivity index is 1.32. The van der Waals surface area contributed by atoms with E-state index in [0.717, 1.165) is 70.2 Å². The highest BCUT2D eigenvalue weighted by molar-refractivity contribution is 5.14. The summed E-state index contributed by atoms with van der Waals surface area (Å²) in [5, 5.41) is 0. The molecule has 5 heteroatoms. The zero-order chi connectivity index (χ0) is 17.8. The van der Waals surface area contributed by atoms with Gasteiger partial charge in [-0.15, -0.1) is 0 Å². The third-order valence-corrected chi connectivity index (χ3v) is 5.50. The quantitative estimate of drug-likeness (QED) is 0.828. The summed E-state index contributed by atoms with van der Waals surface area (Å²) in [6.45, 7) is 9.24. The molecule has 0 unspecified atom stereocenters. The summed E-state index contributed by atoms with van der Waals surface area (Å²) in [6.07, 6.45) is 3.98. The number of piperazine rings is 1. The first-order valence-electron chi connectivity index (χ1n) is 9.66. The molecule has 2 aliphatic heterocycles. The average molecular weight is 352 g/mol. The van der Waals surface area contributed by atoms with Crippen molar-refractivity contribution in [1.29, 1.82) is 0 Å². The number of hydrogen-bond acceptors (Lipinski definition) is 5. The summed E-state index contributed by atoms with van der Waals surface area (Å²) in [6, 6.07) is 12.8. The summed E-state index contributed by atoms with van der Waals surface area (Å²) in [7, 11) is 0. The molecular formula is C21H28N4O. The van der Waals surface area contributed by atoms with Crippen LogP contribution in [-0.2, 0) is 23.4 Å². The molecule has 0 amide bonds. The molecule has 2 saturated heterocycles. The molecule has 1 aromatic heterocycles. The Morgan fingerprint density at radius 1 is 1.00 bits per heavy atom.